The fourth-order valence-corrected chi connectivity index (χ4v) is 4.98. The highest BCUT2D eigenvalue weighted by Gasteiger charge is 2.45. The van der Waals surface area contributed by atoms with Gasteiger partial charge in [0.15, 0.2) is 0 Å². The summed E-state index contributed by atoms with van der Waals surface area (Å²) in [5.41, 5.74) is 17.1. The maximum Gasteiger partial charge on any atom is 0.282 e. The molecule has 0 aromatic carbocycles. The lowest BCUT2D eigenvalue weighted by molar-refractivity contribution is -0.120. The Morgan fingerprint density at radius 3 is 1.73 bits per heavy atom. The maximum absolute atomic E-state index is 12.9. The van der Waals surface area contributed by atoms with Crippen LogP contribution in [0.1, 0.15) is 66.6 Å². The molecular weight excluding hydrogens is 680 g/mol. The predicted molar refractivity (Wildman–Crippen MR) is 202 cm³/mol. The highest BCUT2D eigenvalue weighted by molar-refractivity contribution is 6.01. The molecule has 4 heterocycles. The number of pyridine rings is 2. The lowest BCUT2D eigenvalue weighted by Gasteiger charge is -2.39. The molecule has 0 radical (unpaired) electrons. The number of hydrogen-bond acceptors (Lipinski definition) is 9. The van der Waals surface area contributed by atoms with Crippen LogP contribution in [0, 0.1) is 5.41 Å². The van der Waals surface area contributed by atoms with E-state index in [1.54, 1.807) is 36.4 Å². The second-order valence-corrected chi connectivity index (χ2v) is 11.9. The summed E-state index contributed by atoms with van der Waals surface area (Å²) < 4.78 is 51.4. The Hall–Kier alpha value is -5.28. The van der Waals surface area contributed by atoms with Gasteiger partial charge in [0, 0.05) is 9.07 Å². The molecule has 0 unspecified atom stereocenters. The zero-order chi connectivity index (χ0) is 38.6. The van der Waals surface area contributed by atoms with Crippen LogP contribution in [0.5, 0.6) is 0 Å². The zero-order valence-electron chi connectivity index (χ0n) is 29.7. The Bertz CT molecular complexity index is 1560. The molecule has 5 rings (SSSR count). The number of hydrogen-bond donors (Lipinski definition) is 5. The lowest BCUT2D eigenvalue weighted by atomic mass is 10.0. The number of carbonyl (C=O) groups is 2. The fourth-order valence-electron chi connectivity index (χ4n) is 4.98. The van der Waals surface area contributed by atoms with Crippen LogP contribution >= 0.6 is 0 Å². The van der Waals surface area contributed by atoms with E-state index in [2.05, 4.69) is 20.3 Å². The number of nitrogens with zero attached hydrogens (tertiary/aromatic N) is 5. The number of anilines is 2. The third-order valence-corrected chi connectivity index (χ3v) is 7.38. The second-order valence-electron chi connectivity index (χ2n) is 11.9. The highest BCUT2D eigenvalue weighted by atomic mass is 19.3. The summed E-state index contributed by atoms with van der Waals surface area (Å²) in [4.78, 5) is 38.4. The van der Waals surface area contributed by atoms with Crippen molar-refractivity contribution in [1.82, 2.24) is 15.3 Å². The minimum Gasteiger partial charge on any atom is -0.405 e. The minimum absolute atomic E-state index is 0. The Morgan fingerprint density at radius 1 is 0.846 bits per heavy atom. The van der Waals surface area contributed by atoms with Gasteiger partial charge in [-0.05, 0) is 54.8 Å². The number of nitrogens with one attached hydrogen (secondary N) is 2. The van der Waals surface area contributed by atoms with Gasteiger partial charge >= 0.3 is 0 Å². The molecule has 3 fully saturated rings. The minimum atomic E-state index is -2.67. The van der Waals surface area contributed by atoms with Crippen LogP contribution in [0.3, 0.4) is 0 Å². The first-order valence-electron chi connectivity index (χ1n) is 17.1. The molecule has 0 spiro atoms. The van der Waals surface area contributed by atoms with E-state index in [0.717, 1.165) is 6.21 Å². The van der Waals surface area contributed by atoms with E-state index < -0.39 is 17.8 Å². The number of amidine groups is 1. The van der Waals surface area contributed by atoms with Gasteiger partial charge < -0.3 is 37.7 Å². The van der Waals surface area contributed by atoms with Gasteiger partial charge in [-0.2, -0.15) is 4.99 Å². The van der Waals surface area contributed by atoms with Gasteiger partial charge in [-0.1, -0.05) is 64.5 Å². The molecule has 2 amide bonds. The molecule has 2 aromatic heterocycles. The SMILES string of the molecule is C1CCCCC1.CC.N/C=C\C=C(/N)NC(=O)Cc1cccc(N2CC(F)(F)C2)n1.N=C/C=C\C(N)=NC(=O)Cc1cccc(N2CC(F)(F)C2)n1.[HH].[HH]. The third kappa shape index (κ3) is 16.2. The van der Waals surface area contributed by atoms with Crippen LogP contribution in [0.15, 0.2) is 77.7 Å². The molecule has 1 saturated carbocycles. The number of alkyl halides is 4. The summed E-state index contributed by atoms with van der Waals surface area (Å²) >= 11 is 0. The lowest BCUT2D eigenvalue weighted by Crippen LogP contribution is -2.56. The predicted octanol–water partition coefficient (Wildman–Crippen LogP) is 5.50. The summed E-state index contributed by atoms with van der Waals surface area (Å²) in [6.07, 6.45) is 16.8. The third-order valence-electron chi connectivity index (χ3n) is 7.38. The summed E-state index contributed by atoms with van der Waals surface area (Å²) in [5, 5.41) is 9.27. The van der Waals surface area contributed by atoms with Gasteiger partial charge in [0.1, 0.15) is 23.3 Å². The molecule has 1 aliphatic carbocycles. The summed E-state index contributed by atoms with van der Waals surface area (Å²) in [6, 6.07) is 9.87. The number of aliphatic imine (C=N–C) groups is 1. The van der Waals surface area contributed by atoms with E-state index >= 15 is 0 Å². The maximum atomic E-state index is 12.9. The molecule has 2 aliphatic heterocycles. The van der Waals surface area contributed by atoms with Crippen molar-refractivity contribution in [1.29, 1.82) is 5.41 Å². The molecule has 2 aromatic rings. The molecule has 8 N–H and O–H groups in total. The van der Waals surface area contributed by atoms with Crippen molar-refractivity contribution in [3.8, 4) is 0 Å². The molecule has 0 bridgehead atoms. The van der Waals surface area contributed by atoms with E-state index in [-0.39, 0.29) is 59.4 Å². The van der Waals surface area contributed by atoms with Gasteiger partial charge in [0.25, 0.3) is 17.8 Å². The Labute approximate surface area is 305 Å². The highest BCUT2D eigenvalue weighted by Crippen LogP contribution is 2.31. The summed E-state index contributed by atoms with van der Waals surface area (Å²) in [7, 11) is 0. The van der Waals surface area contributed by atoms with Crippen molar-refractivity contribution in [2.24, 2.45) is 22.2 Å². The number of nitrogens with two attached hydrogens (primary N) is 3. The Balaban J connectivity index is 0.000000838. The van der Waals surface area contributed by atoms with Crippen LogP contribution in [-0.4, -0.2) is 71.9 Å². The summed E-state index contributed by atoms with van der Waals surface area (Å²) in [5.74, 6) is -5.18. The first kappa shape index (κ1) is 42.9. The first-order valence-corrected chi connectivity index (χ1v) is 17.1. The van der Waals surface area contributed by atoms with Crippen molar-refractivity contribution in [2.45, 2.75) is 77.1 Å². The van der Waals surface area contributed by atoms with Gasteiger partial charge in [0.2, 0.25) is 5.91 Å². The van der Waals surface area contributed by atoms with Crippen molar-refractivity contribution in [3.05, 3.63) is 84.1 Å². The molecule has 2 saturated heterocycles. The molecule has 0 atom stereocenters. The second kappa shape index (κ2) is 21.8. The topological polar surface area (TPSA) is 193 Å². The van der Waals surface area contributed by atoms with E-state index in [0.29, 0.717) is 23.0 Å². The zero-order valence-corrected chi connectivity index (χ0v) is 29.7. The molecular formula is C36H54F4N10O2. The number of allylic oxidation sites excluding steroid dienone is 3. The quantitative estimate of drug-likeness (QED) is 0.0908. The van der Waals surface area contributed by atoms with Crippen molar-refractivity contribution >= 4 is 35.5 Å². The molecule has 52 heavy (non-hydrogen) atoms. The number of rotatable bonds is 10. The Kier molecular flexibility index (Phi) is 18.0. The van der Waals surface area contributed by atoms with E-state index in [9.17, 15) is 27.2 Å². The average molecular weight is 735 g/mol. The Morgan fingerprint density at radius 2 is 1.31 bits per heavy atom. The largest absolute Gasteiger partial charge is 0.405 e. The summed E-state index contributed by atoms with van der Waals surface area (Å²) in [6.45, 7) is 2.57. The fraction of sp³-hybridized carbons (Fsp3) is 0.444. The van der Waals surface area contributed by atoms with Crippen molar-refractivity contribution < 1.29 is 30.0 Å². The van der Waals surface area contributed by atoms with Gasteiger partial charge in [0.05, 0.1) is 50.4 Å². The number of aromatic nitrogens is 2. The monoisotopic (exact) mass is 734 g/mol. The number of halogens is 4. The molecule has 3 aliphatic rings. The van der Waals surface area contributed by atoms with Gasteiger partial charge in [-0.15, -0.1) is 0 Å². The van der Waals surface area contributed by atoms with Crippen molar-refractivity contribution in [3.63, 3.8) is 0 Å². The van der Waals surface area contributed by atoms with Crippen LogP contribution in [-0.2, 0) is 22.4 Å². The first-order chi connectivity index (χ1) is 24.8. The number of carbonyl (C=O) groups excluding carboxylic acids is 2. The van der Waals surface area contributed by atoms with Crippen LogP contribution in [0.2, 0.25) is 0 Å². The van der Waals surface area contributed by atoms with E-state index in [1.165, 1.54) is 78.8 Å². The molecule has 12 nitrogen and oxygen atoms in total. The van der Waals surface area contributed by atoms with E-state index in [1.807, 2.05) is 13.8 Å². The smallest absolute Gasteiger partial charge is 0.282 e. The van der Waals surface area contributed by atoms with Crippen LogP contribution in [0.4, 0.5) is 29.2 Å². The van der Waals surface area contributed by atoms with Crippen LogP contribution < -0.4 is 32.3 Å². The van der Waals surface area contributed by atoms with Crippen molar-refractivity contribution in [2.75, 3.05) is 36.0 Å². The standard InChI is InChI=1S/C14H17F2N5O.C14H15F2N5O.C6H12.C2H6.2H2/c2*15-14(16)8-21(9-14)12-5-1-3-10(19-12)7-13(22)20-11(18)4-2-6-17;1-2-4-6-5-3-1;1-2;;/h1-6H,7-9,17-18H2,(H,20,22);1-6,17H,7-9H2,(H2,18,20,22);1-6H2;1-2H3;2*1H/b6-2-,11-4+;4-2-,17-6?;;;;. The van der Waals surface area contributed by atoms with Gasteiger partial charge in [-0.3, -0.25) is 9.59 Å². The average Bonchev–Trinajstić information content (AvgIpc) is 3.10. The van der Waals surface area contributed by atoms with Gasteiger partial charge in [-0.25, -0.2) is 27.5 Å². The number of amides is 2. The normalized spacial score (nSPS) is 17.6. The molecule has 16 heteroatoms. The molecule has 288 valence electrons. The van der Waals surface area contributed by atoms with E-state index in [4.69, 9.17) is 22.6 Å². The van der Waals surface area contributed by atoms with Crippen LogP contribution in [0.25, 0.3) is 0 Å².